The second kappa shape index (κ2) is 7.23. The summed E-state index contributed by atoms with van der Waals surface area (Å²) < 4.78 is 5.11. The van der Waals surface area contributed by atoms with Crippen LogP contribution in [0, 0.1) is 0 Å². The third-order valence-corrected chi connectivity index (χ3v) is 4.45. The minimum absolute atomic E-state index is 0.0970. The number of methoxy groups -OCH3 is 1. The first-order valence-electron chi connectivity index (χ1n) is 7.43. The summed E-state index contributed by atoms with van der Waals surface area (Å²) in [4.78, 5) is 24.9. The van der Waals surface area contributed by atoms with Gasteiger partial charge in [-0.2, -0.15) is 0 Å². The molecule has 0 atom stereocenters. The van der Waals surface area contributed by atoms with E-state index in [4.69, 9.17) is 27.9 Å². The van der Waals surface area contributed by atoms with Crippen LogP contribution in [0.15, 0.2) is 30.7 Å². The lowest BCUT2D eigenvalue weighted by Crippen LogP contribution is -2.49. The molecule has 0 N–H and O–H groups in total. The highest BCUT2D eigenvalue weighted by Gasteiger charge is 2.24. The van der Waals surface area contributed by atoms with Gasteiger partial charge in [-0.1, -0.05) is 23.2 Å². The van der Waals surface area contributed by atoms with Crippen molar-refractivity contribution < 1.29 is 9.53 Å². The van der Waals surface area contributed by atoms with Crippen LogP contribution in [0.2, 0.25) is 10.0 Å². The molecule has 0 unspecified atom stereocenters. The molecule has 0 spiro atoms. The van der Waals surface area contributed by atoms with Crippen LogP contribution >= 0.6 is 23.2 Å². The normalized spacial score (nSPS) is 14.6. The van der Waals surface area contributed by atoms with Crippen molar-refractivity contribution in [1.82, 2.24) is 14.9 Å². The fourth-order valence-electron chi connectivity index (χ4n) is 2.65. The largest absolute Gasteiger partial charge is 0.494 e. The molecule has 1 amide bonds. The fourth-order valence-corrected chi connectivity index (χ4v) is 3.30. The molecule has 0 aliphatic carbocycles. The first-order valence-corrected chi connectivity index (χ1v) is 8.19. The molecule has 1 aromatic carbocycles. The lowest BCUT2D eigenvalue weighted by Gasteiger charge is -2.35. The number of nitrogens with zero attached hydrogens (tertiary/aromatic N) is 4. The van der Waals surface area contributed by atoms with Crippen LogP contribution in [-0.4, -0.2) is 54.1 Å². The smallest absolute Gasteiger partial charge is 0.254 e. The van der Waals surface area contributed by atoms with E-state index in [0.29, 0.717) is 47.5 Å². The number of amides is 1. The zero-order chi connectivity index (χ0) is 17.1. The molecule has 1 fully saturated rings. The Morgan fingerprint density at radius 3 is 2.33 bits per heavy atom. The van der Waals surface area contributed by atoms with Crippen LogP contribution in [-0.2, 0) is 0 Å². The molecule has 8 heteroatoms. The third kappa shape index (κ3) is 3.39. The van der Waals surface area contributed by atoms with Crippen LogP contribution < -0.4 is 9.64 Å². The van der Waals surface area contributed by atoms with Gasteiger partial charge in [0.2, 0.25) is 0 Å². The maximum atomic E-state index is 12.7. The Kier molecular flexibility index (Phi) is 5.06. The van der Waals surface area contributed by atoms with Crippen molar-refractivity contribution >= 4 is 34.9 Å². The number of carbonyl (C=O) groups excluding carboxylic acids is 1. The number of hydrogen-bond donors (Lipinski definition) is 0. The van der Waals surface area contributed by atoms with Gasteiger partial charge in [-0.15, -0.1) is 0 Å². The van der Waals surface area contributed by atoms with Crippen LogP contribution in [0.3, 0.4) is 0 Å². The number of aromatic nitrogens is 2. The summed E-state index contributed by atoms with van der Waals surface area (Å²) in [5.41, 5.74) is 0.457. The molecule has 0 saturated carbocycles. The topological polar surface area (TPSA) is 58.6 Å². The molecular formula is C16H16Cl2N4O2. The maximum Gasteiger partial charge on any atom is 0.254 e. The summed E-state index contributed by atoms with van der Waals surface area (Å²) in [5, 5.41) is 0.651. The van der Waals surface area contributed by atoms with Crippen molar-refractivity contribution in [2.45, 2.75) is 0 Å². The Morgan fingerprint density at radius 2 is 1.79 bits per heavy atom. The lowest BCUT2D eigenvalue weighted by molar-refractivity contribution is 0.0746. The summed E-state index contributed by atoms with van der Waals surface area (Å²) in [7, 11) is 1.49. The van der Waals surface area contributed by atoms with Gasteiger partial charge in [0.25, 0.3) is 5.91 Å². The average Bonchev–Trinajstić information content (AvgIpc) is 2.62. The number of carbonyl (C=O) groups is 1. The molecule has 126 valence electrons. The molecule has 1 aliphatic rings. The zero-order valence-corrected chi connectivity index (χ0v) is 14.6. The van der Waals surface area contributed by atoms with Crippen molar-refractivity contribution in [2.24, 2.45) is 0 Å². The molecule has 24 heavy (non-hydrogen) atoms. The molecule has 0 bridgehead atoms. The van der Waals surface area contributed by atoms with E-state index in [9.17, 15) is 4.79 Å². The molecule has 3 rings (SSSR count). The molecule has 2 aromatic rings. The number of piperazine rings is 1. The second-order valence-electron chi connectivity index (χ2n) is 5.32. The van der Waals surface area contributed by atoms with Crippen molar-refractivity contribution in [2.75, 3.05) is 38.2 Å². The average molecular weight is 367 g/mol. The first-order chi connectivity index (χ1) is 11.6. The molecule has 0 radical (unpaired) electrons. The first kappa shape index (κ1) is 16.8. The van der Waals surface area contributed by atoms with Crippen molar-refractivity contribution in [3.63, 3.8) is 0 Å². The lowest BCUT2D eigenvalue weighted by atomic mass is 10.1. The van der Waals surface area contributed by atoms with Gasteiger partial charge in [0.05, 0.1) is 23.4 Å². The maximum absolute atomic E-state index is 12.7. The highest BCUT2D eigenvalue weighted by molar-refractivity contribution is 6.37. The van der Waals surface area contributed by atoms with E-state index >= 15 is 0 Å². The monoisotopic (exact) mass is 366 g/mol. The molecule has 2 heterocycles. The number of rotatable bonds is 3. The van der Waals surface area contributed by atoms with Crippen LogP contribution in [0.25, 0.3) is 0 Å². The van der Waals surface area contributed by atoms with E-state index in [1.165, 1.54) is 7.11 Å². The fraction of sp³-hybridized carbons (Fsp3) is 0.312. The van der Waals surface area contributed by atoms with E-state index in [1.807, 2.05) is 0 Å². The summed E-state index contributed by atoms with van der Waals surface area (Å²) in [5.74, 6) is 1.10. The highest BCUT2D eigenvalue weighted by Crippen LogP contribution is 2.34. The minimum Gasteiger partial charge on any atom is -0.494 e. The molecule has 1 aliphatic heterocycles. The summed E-state index contributed by atoms with van der Waals surface area (Å²) in [6.45, 7) is 2.58. The van der Waals surface area contributed by atoms with Crippen LogP contribution in [0.1, 0.15) is 10.4 Å². The predicted molar refractivity (Wildman–Crippen MR) is 93.2 cm³/mol. The molecule has 6 nitrogen and oxygen atoms in total. The van der Waals surface area contributed by atoms with Gasteiger partial charge in [0.1, 0.15) is 5.82 Å². The van der Waals surface area contributed by atoms with Crippen molar-refractivity contribution in [1.29, 1.82) is 0 Å². The number of halogens is 2. The Bertz CT molecular complexity index is 711. The van der Waals surface area contributed by atoms with Gasteiger partial charge in [-0.25, -0.2) is 4.98 Å². The molecule has 1 saturated heterocycles. The van der Waals surface area contributed by atoms with Crippen LogP contribution in [0.5, 0.6) is 5.75 Å². The van der Waals surface area contributed by atoms with Gasteiger partial charge >= 0.3 is 0 Å². The predicted octanol–water partition coefficient (Wildman–Crippen LogP) is 2.75. The number of benzene rings is 1. The van der Waals surface area contributed by atoms with Gasteiger partial charge in [-0.05, 0) is 12.1 Å². The van der Waals surface area contributed by atoms with Gasteiger partial charge < -0.3 is 14.5 Å². The summed E-state index contributed by atoms with van der Waals surface area (Å²) >= 11 is 12.2. The molecular weight excluding hydrogens is 351 g/mol. The Labute approximate surface area is 150 Å². The third-order valence-electron chi connectivity index (χ3n) is 3.89. The summed E-state index contributed by atoms with van der Waals surface area (Å²) in [6.07, 6.45) is 5.02. The number of hydrogen-bond acceptors (Lipinski definition) is 5. The van der Waals surface area contributed by atoms with E-state index in [-0.39, 0.29) is 5.91 Å². The van der Waals surface area contributed by atoms with Crippen LogP contribution in [0.4, 0.5) is 5.82 Å². The van der Waals surface area contributed by atoms with Gasteiger partial charge in [-0.3, -0.25) is 9.78 Å². The van der Waals surface area contributed by atoms with Crippen molar-refractivity contribution in [3.8, 4) is 5.75 Å². The van der Waals surface area contributed by atoms with Crippen molar-refractivity contribution in [3.05, 3.63) is 46.3 Å². The van der Waals surface area contributed by atoms with E-state index in [0.717, 1.165) is 5.82 Å². The standard InChI is InChI=1S/C16H16Cl2N4O2/c1-24-15-12(17)8-11(9-13(15)18)16(23)22-6-4-21(5-7-22)14-10-19-2-3-20-14/h2-3,8-10H,4-7H2,1H3. The quantitative estimate of drug-likeness (QED) is 0.835. The minimum atomic E-state index is -0.0970. The number of ether oxygens (including phenoxy) is 1. The van der Waals surface area contributed by atoms with Gasteiger partial charge in [0, 0.05) is 44.1 Å². The zero-order valence-electron chi connectivity index (χ0n) is 13.1. The van der Waals surface area contributed by atoms with Gasteiger partial charge in [0.15, 0.2) is 5.75 Å². The highest BCUT2D eigenvalue weighted by atomic mass is 35.5. The Morgan fingerprint density at radius 1 is 1.12 bits per heavy atom. The Hall–Kier alpha value is -2.05. The van der Waals surface area contributed by atoms with E-state index in [2.05, 4.69) is 14.9 Å². The second-order valence-corrected chi connectivity index (χ2v) is 6.13. The number of anilines is 1. The Balaban J connectivity index is 1.69. The molecule has 1 aromatic heterocycles. The van der Waals surface area contributed by atoms with E-state index < -0.39 is 0 Å². The SMILES string of the molecule is COc1c(Cl)cc(C(=O)N2CCN(c3cnccn3)CC2)cc1Cl. The summed E-state index contributed by atoms with van der Waals surface area (Å²) in [6, 6.07) is 3.17. The van der Waals surface area contributed by atoms with E-state index in [1.54, 1.807) is 35.6 Å².